The van der Waals surface area contributed by atoms with E-state index in [2.05, 4.69) is 0 Å². The zero-order valence-electron chi connectivity index (χ0n) is 8.86. The van der Waals surface area contributed by atoms with Gasteiger partial charge in [-0.1, -0.05) is 0 Å². The Labute approximate surface area is 99.6 Å². The second-order valence-corrected chi connectivity index (χ2v) is 3.54. The second kappa shape index (κ2) is 4.48. The Morgan fingerprint density at radius 2 is 1.44 bits per heavy atom. The summed E-state index contributed by atoms with van der Waals surface area (Å²) >= 11 is 0. The van der Waals surface area contributed by atoms with Gasteiger partial charge in [0.05, 0.1) is 10.5 Å². The first kappa shape index (κ1) is 12.1. The summed E-state index contributed by atoms with van der Waals surface area (Å²) < 4.78 is 39.6. The summed E-state index contributed by atoms with van der Waals surface area (Å²) in [5.41, 5.74) is -1.13. The summed E-state index contributed by atoms with van der Waals surface area (Å²) in [6, 6.07) is 5.10. The van der Waals surface area contributed by atoms with Crippen LogP contribution in [0.4, 0.5) is 18.9 Å². The van der Waals surface area contributed by atoms with Gasteiger partial charge in [0.25, 0.3) is 5.69 Å². The fourth-order valence-electron chi connectivity index (χ4n) is 1.59. The number of nitro benzene ring substituents is 1. The van der Waals surface area contributed by atoms with Crippen LogP contribution in [0.3, 0.4) is 0 Å². The summed E-state index contributed by atoms with van der Waals surface area (Å²) in [6.07, 6.45) is 0. The molecule has 0 aliphatic rings. The average molecular weight is 253 g/mol. The van der Waals surface area contributed by atoms with Crippen molar-refractivity contribution in [2.75, 3.05) is 0 Å². The lowest BCUT2D eigenvalue weighted by molar-refractivity contribution is -0.384. The summed E-state index contributed by atoms with van der Waals surface area (Å²) in [4.78, 5) is 9.99. The number of rotatable bonds is 2. The highest BCUT2D eigenvalue weighted by atomic mass is 19.1. The van der Waals surface area contributed by atoms with Crippen LogP contribution in [-0.4, -0.2) is 4.92 Å². The normalized spacial score (nSPS) is 10.4. The summed E-state index contributed by atoms with van der Waals surface area (Å²) in [5.74, 6) is -2.38. The maximum absolute atomic E-state index is 13.5. The smallest absolute Gasteiger partial charge is 0.258 e. The van der Waals surface area contributed by atoms with Crippen LogP contribution in [0.1, 0.15) is 0 Å². The van der Waals surface area contributed by atoms with Crippen molar-refractivity contribution in [3.63, 3.8) is 0 Å². The van der Waals surface area contributed by atoms with Gasteiger partial charge in [-0.2, -0.15) is 0 Å². The number of hydrogen-bond donors (Lipinski definition) is 0. The summed E-state index contributed by atoms with van der Waals surface area (Å²) in [5, 5.41) is 10.8. The Morgan fingerprint density at radius 1 is 0.889 bits per heavy atom. The molecule has 0 radical (unpaired) electrons. The number of nitro groups is 1. The van der Waals surface area contributed by atoms with Crippen molar-refractivity contribution in [3.8, 4) is 11.1 Å². The van der Waals surface area contributed by atoms with E-state index < -0.39 is 28.1 Å². The van der Waals surface area contributed by atoms with Crippen molar-refractivity contribution >= 4 is 5.69 Å². The highest BCUT2D eigenvalue weighted by molar-refractivity contribution is 5.74. The molecule has 0 saturated carbocycles. The number of nitrogens with zero attached hydrogens (tertiary/aromatic N) is 1. The molecule has 2 aromatic carbocycles. The zero-order chi connectivity index (χ0) is 13.3. The number of halogens is 3. The molecule has 0 heterocycles. The molecule has 0 spiro atoms. The maximum Gasteiger partial charge on any atom is 0.277 e. The lowest BCUT2D eigenvalue weighted by Crippen LogP contribution is -1.95. The predicted octanol–water partition coefficient (Wildman–Crippen LogP) is 3.68. The molecule has 0 N–H and O–H groups in total. The molecule has 6 heteroatoms. The van der Waals surface area contributed by atoms with Crippen LogP contribution in [0.5, 0.6) is 0 Å². The van der Waals surface area contributed by atoms with E-state index in [-0.39, 0.29) is 11.1 Å². The van der Waals surface area contributed by atoms with Gasteiger partial charge in [-0.05, 0) is 30.3 Å². The van der Waals surface area contributed by atoms with Crippen LogP contribution >= 0.6 is 0 Å². The van der Waals surface area contributed by atoms with Crippen LogP contribution in [0.15, 0.2) is 36.4 Å². The summed E-state index contributed by atoms with van der Waals surface area (Å²) in [6.45, 7) is 0. The fraction of sp³-hybridized carbons (Fsp3) is 0. The van der Waals surface area contributed by atoms with Gasteiger partial charge < -0.3 is 0 Å². The molecule has 3 nitrogen and oxygen atoms in total. The molecule has 0 bridgehead atoms. The van der Waals surface area contributed by atoms with Gasteiger partial charge in [-0.25, -0.2) is 13.2 Å². The Kier molecular flexibility index (Phi) is 3.01. The van der Waals surface area contributed by atoms with E-state index in [0.717, 1.165) is 36.4 Å². The van der Waals surface area contributed by atoms with Gasteiger partial charge in [-0.3, -0.25) is 10.1 Å². The third-order valence-electron chi connectivity index (χ3n) is 2.37. The molecular weight excluding hydrogens is 247 g/mol. The Hall–Kier alpha value is -2.37. The van der Waals surface area contributed by atoms with Crippen LogP contribution in [0.25, 0.3) is 11.1 Å². The van der Waals surface area contributed by atoms with E-state index >= 15 is 0 Å². The van der Waals surface area contributed by atoms with Gasteiger partial charge >= 0.3 is 0 Å². The van der Waals surface area contributed by atoms with Crippen molar-refractivity contribution in [2.45, 2.75) is 0 Å². The first-order valence-electron chi connectivity index (χ1n) is 4.88. The largest absolute Gasteiger partial charge is 0.277 e. The van der Waals surface area contributed by atoms with Crippen LogP contribution in [0.2, 0.25) is 0 Å². The quantitative estimate of drug-likeness (QED) is 0.605. The predicted molar refractivity (Wildman–Crippen MR) is 58.4 cm³/mol. The van der Waals surface area contributed by atoms with Crippen molar-refractivity contribution in [1.29, 1.82) is 0 Å². The van der Waals surface area contributed by atoms with Gasteiger partial charge in [-0.15, -0.1) is 0 Å². The number of benzene rings is 2. The van der Waals surface area contributed by atoms with Crippen LogP contribution in [0, 0.1) is 27.6 Å². The van der Waals surface area contributed by atoms with Crippen LogP contribution < -0.4 is 0 Å². The molecule has 2 rings (SSSR count). The monoisotopic (exact) mass is 253 g/mol. The van der Waals surface area contributed by atoms with Crippen molar-refractivity contribution in [1.82, 2.24) is 0 Å². The van der Waals surface area contributed by atoms with Crippen molar-refractivity contribution < 1.29 is 18.1 Å². The zero-order valence-corrected chi connectivity index (χ0v) is 8.86. The first-order chi connectivity index (χ1) is 8.49. The van der Waals surface area contributed by atoms with E-state index in [4.69, 9.17) is 0 Å². The van der Waals surface area contributed by atoms with Gasteiger partial charge in [0.15, 0.2) is 0 Å². The van der Waals surface area contributed by atoms with E-state index in [1.54, 1.807) is 0 Å². The molecule has 92 valence electrons. The second-order valence-electron chi connectivity index (χ2n) is 3.54. The highest BCUT2D eigenvalue weighted by Crippen LogP contribution is 2.32. The molecular formula is C12H6F3NO2. The molecule has 0 fully saturated rings. The molecule has 2 aromatic rings. The van der Waals surface area contributed by atoms with E-state index in [9.17, 15) is 23.3 Å². The first-order valence-corrected chi connectivity index (χ1v) is 4.88. The van der Waals surface area contributed by atoms with E-state index in [0.29, 0.717) is 0 Å². The van der Waals surface area contributed by atoms with E-state index in [1.165, 1.54) is 0 Å². The SMILES string of the molecule is O=[N+]([O-])c1ccc(F)cc1-c1cc(F)ccc1F. The van der Waals surface area contributed by atoms with Crippen LogP contribution in [-0.2, 0) is 0 Å². The minimum atomic E-state index is -0.856. The molecule has 0 saturated heterocycles. The molecule has 0 unspecified atom stereocenters. The molecule has 0 aromatic heterocycles. The standard InChI is InChI=1S/C12H6F3NO2/c13-7-1-3-11(15)9(5-7)10-6-8(14)2-4-12(10)16(17)18/h1-6H. The Balaban J connectivity index is 2.73. The number of hydrogen-bond acceptors (Lipinski definition) is 2. The van der Waals surface area contributed by atoms with Gasteiger partial charge in [0, 0.05) is 11.6 Å². The molecule has 0 aliphatic heterocycles. The third-order valence-corrected chi connectivity index (χ3v) is 2.37. The molecule has 0 amide bonds. The lowest BCUT2D eigenvalue weighted by Gasteiger charge is -2.05. The van der Waals surface area contributed by atoms with E-state index in [1.807, 2.05) is 0 Å². The lowest BCUT2D eigenvalue weighted by atomic mass is 10.0. The molecule has 0 aliphatic carbocycles. The summed E-state index contributed by atoms with van der Waals surface area (Å²) in [7, 11) is 0. The van der Waals surface area contributed by atoms with Gasteiger partial charge in [0.1, 0.15) is 17.5 Å². The van der Waals surface area contributed by atoms with Crippen molar-refractivity contribution in [3.05, 3.63) is 64.0 Å². The Morgan fingerprint density at radius 3 is 2.06 bits per heavy atom. The molecule has 18 heavy (non-hydrogen) atoms. The highest BCUT2D eigenvalue weighted by Gasteiger charge is 2.19. The Bertz CT molecular complexity index is 629. The maximum atomic E-state index is 13.5. The minimum Gasteiger partial charge on any atom is -0.258 e. The van der Waals surface area contributed by atoms with Crippen molar-refractivity contribution in [2.24, 2.45) is 0 Å². The third kappa shape index (κ3) is 2.17. The average Bonchev–Trinajstić information content (AvgIpc) is 2.31. The fourth-order valence-corrected chi connectivity index (χ4v) is 1.59. The minimum absolute atomic E-state index is 0.294. The topological polar surface area (TPSA) is 43.1 Å². The van der Waals surface area contributed by atoms with Gasteiger partial charge in [0.2, 0.25) is 0 Å². The molecule has 0 atom stereocenters.